The normalized spacial score (nSPS) is 14.2. The van der Waals surface area contributed by atoms with Gasteiger partial charge in [-0.1, -0.05) is 54.1 Å². The van der Waals surface area contributed by atoms with Crippen LogP contribution in [0.3, 0.4) is 0 Å². The van der Waals surface area contributed by atoms with E-state index in [1.54, 1.807) is 6.92 Å². The van der Waals surface area contributed by atoms with Crippen molar-refractivity contribution in [2.75, 3.05) is 18.4 Å². The minimum absolute atomic E-state index is 0.159. The van der Waals surface area contributed by atoms with E-state index in [0.29, 0.717) is 18.0 Å². The lowest BCUT2D eigenvalue weighted by Gasteiger charge is -2.24. The van der Waals surface area contributed by atoms with Gasteiger partial charge in [-0.3, -0.25) is 4.79 Å². The smallest absolute Gasteiger partial charge is 0.138 e. The minimum atomic E-state index is 0.159. The number of para-hydroxylation sites is 1. The number of hydrogen-bond acceptors (Lipinski definition) is 4. The van der Waals surface area contributed by atoms with Crippen molar-refractivity contribution >= 4 is 23.1 Å². The third-order valence-corrected chi connectivity index (χ3v) is 6.02. The van der Waals surface area contributed by atoms with E-state index in [9.17, 15) is 4.79 Å². The molecule has 0 atom stereocenters. The Morgan fingerprint density at radius 3 is 2.62 bits per heavy atom. The molecule has 4 nitrogen and oxygen atoms in total. The summed E-state index contributed by atoms with van der Waals surface area (Å²) in [4.78, 5) is 11.6. The molecule has 0 aliphatic carbocycles. The average Bonchev–Trinajstić information content (AvgIpc) is 2.80. The van der Waals surface area contributed by atoms with Gasteiger partial charge in [0, 0.05) is 18.7 Å². The highest BCUT2D eigenvalue weighted by Gasteiger charge is 2.16. The Kier molecular flexibility index (Phi) is 7.46. The quantitative estimate of drug-likeness (QED) is 0.451. The van der Waals surface area contributed by atoms with Gasteiger partial charge in [-0.15, -0.1) is 0 Å². The van der Waals surface area contributed by atoms with Gasteiger partial charge in [0.25, 0.3) is 0 Å². The van der Waals surface area contributed by atoms with Crippen LogP contribution in [-0.2, 0) is 17.8 Å². The molecule has 166 valence electrons. The maximum absolute atomic E-state index is 11.6. The van der Waals surface area contributed by atoms with Crippen LogP contribution in [0, 0.1) is 0 Å². The topological polar surface area (TPSA) is 50.4 Å². The number of benzene rings is 3. The molecule has 1 aliphatic rings. The molecule has 5 heteroatoms. The first-order valence-corrected chi connectivity index (χ1v) is 11.5. The molecular weight excluding hydrogens is 420 g/mol. The first-order chi connectivity index (χ1) is 15.6. The Hall–Kier alpha value is -2.82. The van der Waals surface area contributed by atoms with E-state index in [1.165, 1.54) is 0 Å². The molecule has 1 heterocycles. The standard InChI is InChI=1S/C27H29ClN2O2/c1-19(31)15-23-6-2-3-8-26(23)30-18-20-5-4-7-21(16-20)22-9-10-25(28)27(17-22)32-24-11-13-29-14-12-24/h2-10,16-17,24,29-30H,11-15,18H2,1H3. The van der Waals surface area contributed by atoms with Crippen molar-refractivity contribution in [3.63, 3.8) is 0 Å². The van der Waals surface area contributed by atoms with Crippen LogP contribution in [0.1, 0.15) is 30.9 Å². The third kappa shape index (κ3) is 5.90. The summed E-state index contributed by atoms with van der Waals surface area (Å²) in [5.41, 5.74) is 5.38. The second kappa shape index (κ2) is 10.7. The molecule has 1 saturated heterocycles. The van der Waals surface area contributed by atoms with E-state index in [0.717, 1.165) is 59.6 Å². The van der Waals surface area contributed by atoms with E-state index in [2.05, 4.69) is 34.9 Å². The number of anilines is 1. The highest BCUT2D eigenvalue weighted by Crippen LogP contribution is 2.32. The Morgan fingerprint density at radius 1 is 1.03 bits per heavy atom. The minimum Gasteiger partial charge on any atom is -0.489 e. The lowest BCUT2D eigenvalue weighted by molar-refractivity contribution is -0.116. The summed E-state index contributed by atoms with van der Waals surface area (Å²) >= 11 is 6.43. The van der Waals surface area contributed by atoms with Gasteiger partial charge in [0.1, 0.15) is 17.6 Å². The zero-order valence-electron chi connectivity index (χ0n) is 18.4. The summed E-state index contributed by atoms with van der Waals surface area (Å²) in [5, 5.41) is 7.49. The second-order valence-electron chi connectivity index (χ2n) is 8.30. The van der Waals surface area contributed by atoms with Crippen LogP contribution < -0.4 is 15.4 Å². The fraction of sp³-hybridized carbons (Fsp3) is 0.296. The average molecular weight is 449 g/mol. The van der Waals surface area contributed by atoms with Crippen LogP contribution in [0.15, 0.2) is 66.7 Å². The van der Waals surface area contributed by atoms with E-state index in [1.807, 2.05) is 42.5 Å². The fourth-order valence-electron chi connectivity index (χ4n) is 4.04. The summed E-state index contributed by atoms with van der Waals surface area (Å²) in [6, 6.07) is 22.4. The highest BCUT2D eigenvalue weighted by molar-refractivity contribution is 6.32. The van der Waals surface area contributed by atoms with Gasteiger partial charge in [0.05, 0.1) is 5.02 Å². The molecule has 4 rings (SSSR count). The van der Waals surface area contributed by atoms with Crippen molar-refractivity contribution in [3.8, 4) is 16.9 Å². The number of hydrogen-bond donors (Lipinski definition) is 2. The SMILES string of the molecule is CC(=O)Cc1ccccc1NCc1cccc(-c2ccc(Cl)c(OC3CCNCC3)c2)c1. The summed E-state index contributed by atoms with van der Waals surface area (Å²) in [6.07, 6.45) is 2.63. The largest absolute Gasteiger partial charge is 0.489 e. The summed E-state index contributed by atoms with van der Waals surface area (Å²) in [5.74, 6) is 0.907. The fourth-order valence-corrected chi connectivity index (χ4v) is 4.20. The van der Waals surface area contributed by atoms with Gasteiger partial charge >= 0.3 is 0 Å². The maximum Gasteiger partial charge on any atom is 0.138 e. The number of ketones is 1. The van der Waals surface area contributed by atoms with Gasteiger partial charge < -0.3 is 15.4 Å². The van der Waals surface area contributed by atoms with Crippen molar-refractivity contribution in [1.29, 1.82) is 0 Å². The monoisotopic (exact) mass is 448 g/mol. The van der Waals surface area contributed by atoms with Gasteiger partial charge in [0.15, 0.2) is 0 Å². The van der Waals surface area contributed by atoms with Crippen molar-refractivity contribution in [2.45, 2.75) is 38.8 Å². The molecule has 32 heavy (non-hydrogen) atoms. The van der Waals surface area contributed by atoms with Crippen LogP contribution in [0.2, 0.25) is 5.02 Å². The molecule has 1 fully saturated rings. The molecule has 3 aromatic carbocycles. The molecule has 1 aliphatic heterocycles. The van der Waals surface area contributed by atoms with Crippen molar-refractivity contribution in [2.24, 2.45) is 0 Å². The first-order valence-electron chi connectivity index (χ1n) is 11.2. The number of carbonyl (C=O) groups excluding carboxylic acids is 1. The van der Waals surface area contributed by atoms with Crippen molar-refractivity contribution in [1.82, 2.24) is 5.32 Å². The Labute approximate surface area is 195 Å². The molecule has 0 aromatic heterocycles. The number of Topliss-reactive ketones (excluding diaryl/α,β-unsaturated/α-hetero) is 1. The summed E-state index contributed by atoms with van der Waals surface area (Å²) in [6.45, 7) is 4.25. The van der Waals surface area contributed by atoms with Crippen LogP contribution in [0.4, 0.5) is 5.69 Å². The molecule has 2 N–H and O–H groups in total. The third-order valence-electron chi connectivity index (χ3n) is 5.71. The molecule has 0 radical (unpaired) electrons. The number of rotatable bonds is 8. The van der Waals surface area contributed by atoms with Crippen LogP contribution in [0.25, 0.3) is 11.1 Å². The predicted octanol–water partition coefficient (Wildman–Crippen LogP) is 5.88. The van der Waals surface area contributed by atoms with Gasteiger partial charge in [-0.25, -0.2) is 0 Å². The molecule has 0 saturated carbocycles. The lowest BCUT2D eigenvalue weighted by atomic mass is 10.0. The Balaban J connectivity index is 1.48. The van der Waals surface area contributed by atoms with Crippen molar-refractivity contribution in [3.05, 3.63) is 82.9 Å². The van der Waals surface area contributed by atoms with E-state index in [-0.39, 0.29) is 11.9 Å². The number of halogens is 1. The van der Waals surface area contributed by atoms with Crippen molar-refractivity contribution < 1.29 is 9.53 Å². The number of piperidine rings is 1. The van der Waals surface area contributed by atoms with Gasteiger partial charge in [-0.2, -0.15) is 0 Å². The zero-order valence-corrected chi connectivity index (χ0v) is 19.1. The Morgan fingerprint density at radius 2 is 1.81 bits per heavy atom. The number of carbonyl (C=O) groups is 1. The van der Waals surface area contributed by atoms with Crippen LogP contribution in [-0.4, -0.2) is 25.0 Å². The molecule has 0 bridgehead atoms. The number of ether oxygens (including phenoxy) is 1. The van der Waals surface area contributed by atoms with E-state index in [4.69, 9.17) is 16.3 Å². The van der Waals surface area contributed by atoms with Crippen LogP contribution in [0.5, 0.6) is 5.75 Å². The van der Waals surface area contributed by atoms with Gasteiger partial charge in [-0.05, 0) is 79.4 Å². The molecule has 0 amide bonds. The molecule has 0 spiro atoms. The second-order valence-corrected chi connectivity index (χ2v) is 8.71. The predicted molar refractivity (Wildman–Crippen MR) is 132 cm³/mol. The number of nitrogens with one attached hydrogen (secondary N) is 2. The maximum atomic E-state index is 11.6. The molecule has 3 aromatic rings. The molecule has 0 unspecified atom stereocenters. The molecular formula is C27H29ClN2O2. The van der Waals surface area contributed by atoms with E-state index < -0.39 is 0 Å². The highest BCUT2D eigenvalue weighted by atomic mass is 35.5. The Bertz CT molecular complexity index is 1080. The van der Waals surface area contributed by atoms with Gasteiger partial charge in [0.2, 0.25) is 0 Å². The summed E-state index contributed by atoms with van der Waals surface area (Å²) in [7, 11) is 0. The first kappa shape index (κ1) is 22.4. The van der Waals surface area contributed by atoms with E-state index >= 15 is 0 Å². The summed E-state index contributed by atoms with van der Waals surface area (Å²) < 4.78 is 6.22. The zero-order chi connectivity index (χ0) is 22.3. The lowest BCUT2D eigenvalue weighted by Crippen LogP contribution is -2.34. The van der Waals surface area contributed by atoms with Crippen LogP contribution >= 0.6 is 11.6 Å².